The van der Waals surface area contributed by atoms with Crippen molar-refractivity contribution in [3.05, 3.63) is 41.5 Å². The van der Waals surface area contributed by atoms with Gasteiger partial charge in [-0.3, -0.25) is 0 Å². The number of hydrogen-bond donors (Lipinski definition) is 0. The van der Waals surface area contributed by atoms with Crippen molar-refractivity contribution in [2.75, 3.05) is 20.1 Å². The Balaban J connectivity index is 1.86. The third kappa shape index (κ3) is 2.30. The van der Waals surface area contributed by atoms with Gasteiger partial charge in [-0.2, -0.15) is 0 Å². The first-order chi connectivity index (χ1) is 10.7. The van der Waals surface area contributed by atoms with Crippen LogP contribution in [0.15, 0.2) is 34.9 Å². The molecule has 0 saturated carbocycles. The van der Waals surface area contributed by atoms with E-state index in [2.05, 4.69) is 16.9 Å². The molecule has 6 heteroatoms. The number of rotatable bonds is 2. The van der Waals surface area contributed by atoms with E-state index in [1.165, 1.54) is 0 Å². The lowest BCUT2D eigenvalue weighted by molar-refractivity contribution is 0.250. The Hall–Kier alpha value is -1.85. The molecule has 1 aliphatic heterocycles. The van der Waals surface area contributed by atoms with Crippen LogP contribution in [0.2, 0.25) is 5.22 Å². The Labute approximate surface area is 133 Å². The molecule has 1 saturated heterocycles. The molecule has 0 spiro atoms. The number of nitrogens with zero attached hydrogens (tertiary/aromatic N) is 4. The van der Waals surface area contributed by atoms with Crippen LogP contribution in [-0.2, 0) is 0 Å². The van der Waals surface area contributed by atoms with Crippen LogP contribution < -0.4 is 0 Å². The highest BCUT2D eigenvalue weighted by Gasteiger charge is 2.26. The average Bonchev–Trinajstić information content (AvgIpc) is 3.11. The maximum atomic E-state index is 5.96. The number of furan rings is 1. The quantitative estimate of drug-likeness (QED) is 0.726. The average molecular weight is 317 g/mol. The Morgan fingerprint density at radius 3 is 2.77 bits per heavy atom. The minimum Gasteiger partial charge on any atom is -0.428 e. The lowest BCUT2D eigenvalue weighted by atomic mass is 9.96. The van der Waals surface area contributed by atoms with E-state index >= 15 is 0 Å². The van der Waals surface area contributed by atoms with E-state index in [0.29, 0.717) is 17.0 Å². The van der Waals surface area contributed by atoms with Crippen LogP contribution in [0.1, 0.15) is 24.6 Å². The van der Waals surface area contributed by atoms with Crippen molar-refractivity contribution in [3.63, 3.8) is 0 Å². The summed E-state index contributed by atoms with van der Waals surface area (Å²) in [5.41, 5.74) is 1.71. The molecule has 0 N–H and O–H groups in total. The first-order valence-corrected chi connectivity index (χ1v) is 7.88. The van der Waals surface area contributed by atoms with Crippen LogP contribution in [0, 0.1) is 0 Å². The molecule has 0 unspecified atom stereocenters. The number of fused-ring (bicyclic) bond motifs is 1. The third-order valence-corrected chi connectivity index (χ3v) is 4.51. The number of hydrogen-bond acceptors (Lipinski definition) is 4. The van der Waals surface area contributed by atoms with Crippen LogP contribution >= 0.6 is 11.6 Å². The molecule has 0 amide bonds. The SMILES string of the molecule is CN1CCC(c2nc3cccnc3n2-c2ccc(Cl)o2)CC1. The van der Waals surface area contributed by atoms with Gasteiger partial charge in [0, 0.05) is 18.2 Å². The molecule has 114 valence electrons. The molecule has 22 heavy (non-hydrogen) atoms. The number of halogens is 1. The summed E-state index contributed by atoms with van der Waals surface area (Å²) < 4.78 is 7.64. The lowest BCUT2D eigenvalue weighted by Gasteiger charge is -2.28. The first kappa shape index (κ1) is 13.8. The van der Waals surface area contributed by atoms with Crippen LogP contribution in [0.3, 0.4) is 0 Å². The summed E-state index contributed by atoms with van der Waals surface area (Å²) in [5, 5.41) is 0.377. The molecular formula is C16H17ClN4O. The van der Waals surface area contributed by atoms with E-state index in [1.54, 1.807) is 12.3 Å². The summed E-state index contributed by atoms with van der Waals surface area (Å²) in [5.74, 6) is 2.11. The summed E-state index contributed by atoms with van der Waals surface area (Å²) in [7, 11) is 2.16. The summed E-state index contributed by atoms with van der Waals surface area (Å²) in [6, 6.07) is 7.52. The van der Waals surface area contributed by atoms with Crippen LogP contribution in [0.4, 0.5) is 0 Å². The Kier molecular flexibility index (Phi) is 3.39. The lowest BCUT2D eigenvalue weighted by Crippen LogP contribution is -2.30. The molecule has 0 aromatic carbocycles. The van der Waals surface area contributed by atoms with Gasteiger partial charge in [0.1, 0.15) is 11.3 Å². The molecule has 3 aromatic heterocycles. The monoisotopic (exact) mass is 316 g/mol. The molecule has 0 aliphatic carbocycles. The maximum Gasteiger partial charge on any atom is 0.208 e. The van der Waals surface area contributed by atoms with E-state index in [-0.39, 0.29) is 0 Å². The fraction of sp³-hybridized carbons (Fsp3) is 0.375. The van der Waals surface area contributed by atoms with E-state index in [4.69, 9.17) is 21.0 Å². The van der Waals surface area contributed by atoms with Gasteiger partial charge in [-0.15, -0.1) is 0 Å². The number of aromatic nitrogens is 3. The van der Waals surface area contributed by atoms with E-state index in [1.807, 2.05) is 22.8 Å². The van der Waals surface area contributed by atoms with Gasteiger partial charge < -0.3 is 9.32 Å². The van der Waals surface area contributed by atoms with Crippen molar-refractivity contribution in [2.45, 2.75) is 18.8 Å². The molecule has 1 aliphatic rings. The number of piperidine rings is 1. The van der Waals surface area contributed by atoms with Crippen molar-refractivity contribution < 1.29 is 4.42 Å². The van der Waals surface area contributed by atoms with Crippen molar-refractivity contribution in [2.24, 2.45) is 0 Å². The second kappa shape index (κ2) is 5.41. The summed E-state index contributed by atoms with van der Waals surface area (Å²) in [4.78, 5) is 11.7. The molecular weight excluding hydrogens is 300 g/mol. The van der Waals surface area contributed by atoms with Crippen molar-refractivity contribution >= 4 is 22.8 Å². The normalized spacial score (nSPS) is 17.4. The Morgan fingerprint density at radius 2 is 2.05 bits per heavy atom. The van der Waals surface area contributed by atoms with Gasteiger partial charge in [-0.05, 0) is 62.8 Å². The van der Waals surface area contributed by atoms with Crippen molar-refractivity contribution in [1.29, 1.82) is 0 Å². The molecule has 0 radical (unpaired) electrons. The third-order valence-electron chi connectivity index (χ3n) is 4.31. The van der Waals surface area contributed by atoms with Gasteiger partial charge in [0.2, 0.25) is 5.88 Å². The zero-order valence-corrected chi connectivity index (χ0v) is 13.1. The predicted molar refractivity (Wildman–Crippen MR) is 85.6 cm³/mol. The Morgan fingerprint density at radius 1 is 1.23 bits per heavy atom. The molecule has 3 aromatic rings. The second-order valence-corrected chi connectivity index (χ2v) is 6.18. The minimum atomic E-state index is 0.377. The van der Waals surface area contributed by atoms with Crippen molar-refractivity contribution in [3.8, 4) is 5.88 Å². The molecule has 0 bridgehead atoms. The first-order valence-electron chi connectivity index (χ1n) is 7.50. The molecule has 0 atom stereocenters. The number of likely N-dealkylation sites (tertiary alicyclic amines) is 1. The van der Waals surface area contributed by atoms with Crippen LogP contribution in [0.25, 0.3) is 17.0 Å². The fourth-order valence-electron chi connectivity index (χ4n) is 3.11. The highest BCUT2D eigenvalue weighted by Crippen LogP contribution is 2.32. The molecule has 4 rings (SSSR count). The number of imidazole rings is 1. The van der Waals surface area contributed by atoms with Gasteiger partial charge in [0.05, 0.1) is 0 Å². The van der Waals surface area contributed by atoms with E-state index < -0.39 is 0 Å². The van der Waals surface area contributed by atoms with Gasteiger partial charge in [0.15, 0.2) is 10.9 Å². The molecule has 4 heterocycles. The summed E-state index contributed by atoms with van der Waals surface area (Å²) >= 11 is 5.96. The van der Waals surface area contributed by atoms with Gasteiger partial charge in [-0.1, -0.05) is 0 Å². The van der Waals surface area contributed by atoms with Gasteiger partial charge in [-0.25, -0.2) is 14.5 Å². The zero-order chi connectivity index (χ0) is 15.1. The fourth-order valence-corrected chi connectivity index (χ4v) is 3.25. The minimum absolute atomic E-state index is 0.377. The zero-order valence-electron chi connectivity index (χ0n) is 12.4. The standard InChI is InChI=1S/C16H17ClN4O/c1-20-9-6-11(7-10-20)15-19-12-3-2-8-18-16(12)21(15)14-5-4-13(17)22-14/h2-5,8,11H,6-7,9-10H2,1H3. The second-order valence-electron chi connectivity index (χ2n) is 5.81. The predicted octanol–water partition coefficient (Wildman–Crippen LogP) is 3.48. The topological polar surface area (TPSA) is 47.1 Å². The van der Waals surface area contributed by atoms with E-state index in [0.717, 1.165) is 42.9 Å². The van der Waals surface area contributed by atoms with Gasteiger partial charge in [0.25, 0.3) is 0 Å². The summed E-state index contributed by atoms with van der Waals surface area (Å²) in [6.45, 7) is 2.17. The van der Waals surface area contributed by atoms with Crippen molar-refractivity contribution in [1.82, 2.24) is 19.4 Å². The summed E-state index contributed by atoms with van der Waals surface area (Å²) in [6.07, 6.45) is 3.96. The maximum absolute atomic E-state index is 5.96. The molecule has 5 nitrogen and oxygen atoms in total. The highest BCUT2D eigenvalue weighted by atomic mass is 35.5. The van der Waals surface area contributed by atoms with Gasteiger partial charge >= 0.3 is 0 Å². The molecule has 1 fully saturated rings. The van der Waals surface area contributed by atoms with E-state index in [9.17, 15) is 0 Å². The number of pyridine rings is 1. The largest absolute Gasteiger partial charge is 0.428 e. The smallest absolute Gasteiger partial charge is 0.208 e. The van der Waals surface area contributed by atoms with Crippen LogP contribution in [0.5, 0.6) is 0 Å². The Bertz CT molecular complexity index is 801. The van der Waals surface area contributed by atoms with Crippen LogP contribution in [-0.4, -0.2) is 39.6 Å². The highest BCUT2D eigenvalue weighted by molar-refractivity contribution is 6.28.